The van der Waals surface area contributed by atoms with Crippen molar-refractivity contribution in [3.8, 4) is 0 Å². The molecule has 3 N–H and O–H groups in total. The SMILES string of the molecule is NC(=O)c1ccc(N(CCO)C2CCC2)c([N+](=O)[O-])c1. The van der Waals surface area contributed by atoms with Crippen LogP contribution >= 0.6 is 0 Å². The summed E-state index contributed by atoms with van der Waals surface area (Å²) in [7, 11) is 0. The molecule has 2 rings (SSSR count). The quantitative estimate of drug-likeness (QED) is 0.597. The third-order valence-electron chi connectivity index (χ3n) is 3.62. The summed E-state index contributed by atoms with van der Waals surface area (Å²) >= 11 is 0. The summed E-state index contributed by atoms with van der Waals surface area (Å²) in [5, 5.41) is 20.4. The van der Waals surface area contributed by atoms with Gasteiger partial charge in [0.25, 0.3) is 5.69 Å². The molecule has 7 heteroatoms. The fourth-order valence-corrected chi connectivity index (χ4v) is 2.37. The van der Waals surface area contributed by atoms with Crippen molar-refractivity contribution in [2.24, 2.45) is 5.73 Å². The van der Waals surface area contributed by atoms with Gasteiger partial charge in [0.1, 0.15) is 5.69 Å². The zero-order valence-electron chi connectivity index (χ0n) is 11.0. The van der Waals surface area contributed by atoms with Crippen LogP contribution in [-0.2, 0) is 0 Å². The Labute approximate surface area is 116 Å². The van der Waals surface area contributed by atoms with E-state index in [2.05, 4.69) is 0 Å². The van der Waals surface area contributed by atoms with Crippen LogP contribution in [0.15, 0.2) is 18.2 Å². The largest absolute Gasteiger partial charge is 0.395 e. The second-order valence-corrected chi connectivity index (χ2v) is 4.83. The van der Waals surface area contributed by atoms with Gasteiger partial charge in [0, 0.05) is 24.2 Å². The summed E-state index contributed by atoms with van der Waals surface area (Å²) in [6.45, 7) is 0.257. The Morgan fingerprint density at radius 2 is 2.20 bits per heavy atom. The van der Waals surface area contributed by atoms with Crippen LogP contribution in [0.25, 0.3) is 0 Å². The number of aliphatic hydroxyl groups is 1. The number of hydrogen-bond donors (Lipinski definition) is 2. The van der Waals surface area contributed by atoms with Crippen molar-refractivity contribution >= 4 is 17.3 Å². The standard InChI is InChI=1S/C13H17N3O4/c14-13(18)9-4-5-11(12(8-9)16(19)20)15(6-7-17)10-2-1-3-10/h4-5,8,10,17H,1-3,6-7H2,(H2,14,18). The fraction of sp³-hybridized carbons (Fsp3) is 0.462. The maximum atomic E-state index is 11.2. The average molecular weight is 279 g/mol. The Kier molecular flexibility index (Phi) is 4.19. The number of nitro groups is 1. The lowest BCUT2D eigenvalue weighted by atomic mass is 9.90. The molecular weight excluding hydrogens is 262 g/mol. The normalized spacial score (nSPS) is 14.7. The molecule has 7 nitrogen and oxygen atoms in total. The van der Waals surface area contributed by atoms with Gasteiger partial charge in [-0.15, -0.1) is 0 Å². The van der Waals surface area contributed by atoms with Crippen LogP contribution in [0.2, 0.25) is 0 Å². The minimum absolute atomic E-state index is 0.0781. The molecule has 1 saturated carbocycles. The Morgan fingerprint density at radius 3 is 2.65 bits per heavy atom. The molecule has 20 heavy (non-hydrogen) atoms. The molecule has 0 spiro atoms. The first-order valence-electron chi connectivity index (χ1n) is 6.50. The smallest absolute Gasteiger partial charge is 0.293 e. The molecule has 1 amide bonds. The van der Waals surface area contributed by atoms with E-state index in [4.69, 9.17) is 10.8 Å². The summed E-state index contributed by atoms with van der Waals surface area (Å²) in [6, 6.07) is 4.42. The first kappa shape index (κ1) is 14.3. The minimum atomic E-state index is -0.697. The number of carbonyl (C=O) groups excluding carboxylic acids is 1. The van der Waals surface area contributed by atoms with Crippen LogP contribution in [-0.4, -0.2) is 35.1 Å². The topological polar surface area (TPSA) is 110 Å². The van der Waals surface area contributed by atoms with Gasteiger partial charge in [-0.1, -0.05) is 0 Å². The van der Waals surface area contributed by atoms with Gasteiger partial charge in [0.05, 0.1) is 11.5 Å². The Hall–Kier alpha value is -2.15. The van der Waals surface area contributed by atoms with Gasteiger partial charge in [-0.25, -0.2) is 0 Å². The van der Waals surface area contributed by atoms with Gasteiger partial charge in [0.15, 0.2) is 0 Å². The van der Waals surface area contributed by atoms with Gasteiger partial charge in [0.2, 0.25) is 5.91 Å². The van der Waals surface area contributed by atoms with Crippen molar-refractivity contribution in [2.75, 3.05) is 18.1 Å². The molecule has 0 radical (unpaired) electrons. The zero-order valence-corrected chi connectivity index (χ0v) is 11.0. The number of hydrogen-bond acceptors (Lipinski definition) is 5. The van der Waals surface area contributed by atoms with Gasteiger partial charge in [-0.3, -0.25) is 14.9 Å². The number of nitro benzene ring substituents is 1. The summed E-state index contributed by atoms with van der Waals surface area (Å²) in [4.78, 5) is 23.6. The van der Waals surface area contributed by atoms with E-state index in [-0.39, 0.29) is 23.9 Å². The highest BCUT2D eigenvalue weighted by molar-refractivity contribution is 5.94. The van der Waals surface area contributed by atoms with Crippen molar-refractivity contribution < 1.29 is 14.8 Å². The number of nitrogens with zero attached hydrogens (tertiary/aromatic N) is 2. The molecule has 0 unspecified atom stereocenters. The third-order valence-corrected chi connectivity index (χ3v) is 3.62. The number of carbonyl (C=O) groups is 1. The highest BCUT2D eigenvalue weighted by Gasteiger charge is 2.29. The molecule has 1 aromatic carbocycles. The molecule has 0 aromatic heterocycles. The lowest BCUT2D eigenvalue weighted by molar-refractivity contribution is -0.384. The van der Waals surface area contributed by atoms with Gasteiger partial charge >= 0.3 is 0 Å². The third kappa shape index (κ3) is 2.72. The second-order valence-electron chi connectivity index (χ2n) is 4.83. The van der Waals surface area contributed by atoms with E-state index in [9.17, 15) is 14.9 Å². The lowest BCUT2D eigenvalue weighted by Gasteiger charge is -2.38. The Morgan fingerprint density at radius 1 is 1.50 bits per heavy atom. The van der Waals surface area contributed by atoms with Crippen molar-refractivity contribution in [1.29, 1.82) is 0 Å². The minimum Gasteiger partial charge on any atom is -0.395 e. The van der Waals surface area contributed by atoms with Gasteiger partial charge in [-0.2, -0.15) is 0 Å². The molecule has 0 bridgehead atoms. The molecular formula is C13H17N3O4. The predicted molar refractivity (Wildman–Crippen MR) is 73.7 cm³/mol. The van der Waals surface area contributed by atoms with E-state index in [1.54, 1.807) is 0 Å². The highest BCUT2D eigenvalue weighted by atomic mass is 16.6. The molecule has 0 aliphatic heterocycles. The molecule has 0 atom stereocenters. The molecule has 0 saturated heterocycles. The maximum Gasteiger partial charge on any atom is 0.293 e. The number of anilines is 1. The van der Waals surface area contributed by atoms with E-state index in [1.807, 2.05) is 4.90 Å². The van der Waals surface area contributed by atoms with Gasteiger partial charge < -0.3 is 15.7 Å². The van der Waals surface area contributed by atoms with E-state index < -0.39 is 10.8 Å². The van der Waals surface area contributed by atoms with Crippen LogP contribution in [0.3, 0.4) is 0 Å². The molecule has 0 heterocycles. The average Bonchev–Trinajstić information content (AvgIpc) is 2.35. The van der Waals surface area contributed by atoms with Crippen molar-refractivity contribution in [2.45, 2.75) is 25.3 Å². The van der Waals surface area contributed by atoms with Crippen molar-refractivity contribution in [3.63, 3.8) is 0 Å². The molecule has 1 aliphatic carbocycles. The number of rotatable bonds is 6. The van der Waals surface area contributed by atoms with Crippen molar-refractivity contribution in [3.05, 3.63) is 33.9 Å². The van der Waals surface area contributed by atoms with Crippen LogP contribution in [0.1, 0.15) is 29.6 Å². The van der Waals surface area contributed by atoms with Crippen molar-refractivity contribution in [1.82, 2.24) is 0 Å². The number of primary amides is 1. The van der Waals surface area contributed by atoms with E-state index in [0.29, 0.717) is 12.2 Å². The number of amides is 1. The van der Waals surface area contributed by atoms with Crippen LogP contribution in [0.5, 0.6) is 0 Å². The first-order chi connectivity index (χ1) is 9.54. The molecule has 108 valence electrons. The first-order valence-corrected chi connectivity index (χ1v) is 6.50. The van der Waals surface area contributed by atoms with Gasteiger partial charge in [-0.05, 0) is 31.4 Å². The molecule has 1 aliphatic rings. The number of benzene rings is 1. The summed E-state index contributed by atoms with van der Waals surface area (Å²) in [5.74, 6) is -0.697. The summed E-state index contributed by atoms with van der Waals surface area (Å²) in [6.07, 6.45) is 2.99. The monoisotopic (exact) mass is 279 g/mol. The Bertz CT molecular complexity index is 528. The Balaban J connectivity index is 2.41. The zero-order chi connectivity index (χ0) is 14.7. The van der Waals surface area contributed by atoms with Crippen LogP contribution in [0.4, 0.5) is 11.4 Å². The molecule has 1 fully saturated rings. The highest BCUT2D eigenvalue weighted by Crippen LogP contribution is 2.35. The van der Waals surface area contributed by atoms with E-state index in [1.165, 1.54) is 18.2 Å². The van der Waals surface area contributed by atoms with E-state index >= 15 is 0 Å². The van der Waals surface area contributed by atoms with Crippen LogP contribution < -0.4 is 10.6 Å². The predicted octanol–water partition coefficient (Wildman–Crippen LogP) is 1.04. The number of nitrogens with two attached hydrogens (primary N) is 1. The number of aliphatic hydroxyl groups excluding tert-OH is 1. The maximum absolute atomic E-state index is 11.2. The van der Waals surface area contributed by atoms with Crippen LogP contribution in [0, 0.1) is 10.1 Å². The lowest BCUT2D eigenvalue weighted by Crippen LogP contribution is -2.42. The summed E-state index contributed by atoms with van der Waals surface area (Å²) in [5.41, 5.74) is 5.54. The fourth-order valence-electron chi connectivity index (χ4n) is 2.37. The van der Waals surface area contributed by atoms with E-state index in [0.717, 1.165) is 19.3 Å². The molecule has 1 aromatic rings. The summed E-state index contributed by atoms with van der Waals surface area (Å²) < 4.78 is 0. The second kappa shape index (κ2) is 5.87.